The quantitative estimate of drug-likeness (QED) is 0.516. The number of carbonyl (C=O) groups excluding carboxylic acids is 4. The van der Waals surface area contributed by atoms with Gasteiger partial charge in [0.25, 0.3) is 0 Å². The van der Waals surface area contributed by atoms with Crippen LogP contribution in [0.4, 0.5) is 0 Å². The number of ether oxygens (including phenoxy) is 2. The van der Waals surface area contributed by atoms with Crippen molar-refractivity contribution in [2.75, 3.05) is 6.61 Å². The van der Waals surface area contributed by atoms with Crippen LogP contribution in [0.2, 0.25) is 0 Å². The Hall–Kier alpha value is -2.02. The van der Waals surface area contributed by atoms with Gasteiger partial charge in [-0.15, -0.1) is 0 Å². The highest BCUT2D eigenvalue weighted by molar-refractivity contribution is 5.93. The summed E-state index contributed by atoms with van der Waals surface area (Å²) in [5.74, 6) is -0.713. The first kappa shape index (κ1) is 27.0. The highest BCUT2D eigenvalue weighted by Crippen LogP contribution is 2.69. The van der Waals surface area contributed by atoms with Crippen LogP contribution < -0.4 is 0 Å². The van der Waals surface area contributed by atoms with Gasteiger partial charge in [-0.05, 0) is 73.7 Å². The molecule has 4 aliphatic rings. The monoisotopic (exact) mass is 502 g/mol. The number of ketones is 2. The van der Waals surface area contributed by atoms with Crippen molar-refractivity contribution in [1.29, 1.82) is 0 Å². The summed E-state index contributed by atoms with van der Waals surface area (Å²) in [7, 11) is 0. The van der Waals surface area contributed by atoms with Crippen LogP contribution in [0.3, 0.4) is 0 Å². The Kier molecular flexibility index (Phi) is 7.28. The van der Waals surface area contributed by atoms with Crippen LogP contribution in [-0.4, -0.2) is 46.9 Å². The van der Waals surface area contributed by atoms with Gasteiger partial charge in [0.15, 0.2) is 18.0 Å². The van der Waals surface area contributed by atoms with E-state index < -0.39 is 35.7 Å². The smallest absolute Gasteiger partial charge is 0.306 e. The number of allylic oxidation sites excluding steroid dienone is 1. The summed E-state index contributed by atoms with van der Waals surface area (Å²) in [6.45, 7) is 9.48. The summed E-state index contributed by atoms with van der Waals surface area (Å²) < 4.78 is 11.3. The van der Waals surface area contributed by atoms with Crippen LogP contribution >= 0.6 is 0 Å². The molecule has 7 nitrogen and oxygen atoms in total. The third-order valence-corrected chi connectivity index (χ3v) is 10.2. The van der Waals surface area contributed by atoms with E-state index >= 15 is 0 Å². The largest absolute Gasteiger partial charge is 0.457 e. The third-order valence-electron chi connectivity index (χ3n) is 10.2. The Morgan fingerprint density at radius 1 is 1.14 bits per heavy atom. The maximum absolute atomic E-state index is 13.8. The predicted molar refractivity (Wildman–Crippen MR) is 133 cm³/mol. The van der Waals surface area contributed by atoms with Gasteiger partial charge < -0.3 is 14.6 Å². The first-order chi connectivity index (χ1) is 16.9. The van der Waals surface area contributed by atoms with Crippen molar-refractivity contribution >= 4 is 23.5 Å². The maximum atomic E-state index is 13.8. The molecular weight excluding hydrogens is 460 g/mol. The molecule has 3 saturated carbocycles. The molecule has 4 aliphatic carbocycles. The Balaban J connectivity index is 1.71. The SMILES string of the molecule is CCCC(=O)OCC(=O)[C@@]1(OC(=O)CC)CC[C@H]2[C@@H]3C[C@H](C)C4=CC(=O)CC[C@]4(C)[C@H]3[C@@H](O)C[C@@]21C. The molecule has 200 valence electrons. The normalized spacial score (nSPS) is 41.4. The zero-order valence-electron chi connectivity index (χ0n) is 22.4. The minimum atomic E-state index is -1.42. The number of hydrogen-bond acceptors (Lipinski definition) is 7. The molecule has 0 amide bonds. The average molecular weight is 503 g/mol. The number of hydrogen-bond donors (Lipinski definition) is 1. The van der Waals surface area contributed by atoms with Gasteiger partial charge in [0, 0.05) is 24.7 Å². The summed E-state index contributed by atoms with van der Waals surface area (Å²) in [5, 5.41) is 11.7. The minimum Gasteiger partial charge on any atom is -0.457 e. The standard InChI is InChI=1S/C29H42O7/c1-6-8-25(34)35-16-23(32)29(36-24(33)7-2)12-10-20-19-13-17(3)21-14-18(30)9-11-27(21,4)26(19)22(31)15-28(20,29)5/h14,17,19-20,22,26,31H,6-13,15-16H2,1-5H3/t17-,19-,20-,22-,26+,27-,28-,29-/m0/s1. The summed E-state index contributed by atoms with van der Waals surface area (Å²) >= 11 is 0. The summed E-state index contributed by atoms with van der Waals surface area (Å²) in [6, 6.07) is 0. The van der Waals surface area contributed by atoms with E-state index in [1.165, 1.54) is 0 Å². The van der Waals surface area contributed by atoms with Crippen molar-refractivity contribution in [2.45, 2.75) is 104 Å². The lowest BCUT2D eigenvalue weighted by Gasteiger charge is -2.62. The molecule has 8 atom stereocenters. The lowest BCUT2D eigenvalue weighted by atomic mass is 9.44. The number of carbonyl (C=O) groups is 4. The summed E-state index contributed by atoms with van der Waals surface area (Å²) in [6.07, 6.45) is 5.56. The number of fused-ring (bicyclic) bond motifs is 5. The Morgan fingerprint density at radius 2 is 1.86 bits per heavy atom. The van der Waals surface area contributed by atoms with Gasteiger partial charge in [-0.2, -0.15) is 0 Å². The number of aliphatic hydroxyl groups excluding tert-OH is 1. The molecule has 0 aromatic rings. The van der Waals surface area contributed by atoms with Crippen molar-refractivity contribution in [1.82, 2.24) is 0 Å². The number of aliphatic hydroxyl groups is 1. The second-order valence-corrected chi connectivity index (χ2v) is 12.1. The Morgan fingerprint density at radius 3 is 2.53 bits per heavy atom. The fourth-order valence-electron chi connectivity index (χ4n) is 8.60. The van der Waals surface area contributed by atoms with E-state index in [4.69, 9.17) is 9.47 Å². The molecule has 0 radical (unpaired) electrons. The fourth-order valence-corrected chi connectivity index (χ4v) is 8.60. The number of rotatable bonds is 7. The van der Waals surface area contributed by atoms with Crippen molar-refractivity contribution in [2.24, 2.45) is 34.5 Å². The lowest BCUT2D eigenvalue weighted by Crippen LogP contribution is -2.63. The van der Waals surface area contributed by atoms with Gasteiger partial charge in [-0.3, -0.25) is 19.2 Å². The zero-order valence-corrected chi connectivity index (χ0v) is 22.4. The van der Waals surface area contributed by atoms with Crippen LogP contribution in [-0.2, 0) is 28.7 Å². The van der Waals surface area contributed by atoms with Gasteiger partial charge >= 0.3 is 11.9 Å². The van der Waals surface area contributed by atoms with Crippen molar-refractivity contribution in [3.63, 3.8) is 0 Å². The second kappa shape index (κ2) is 9.70. The molecule has 0 aromatic heterocycles. The Bertz CT molecular complexity index is 969. The van der Waals surface area contributed by atoms with Gasteiger partial charge in [-0.1, -0.05) is 40.2 Å². The van der Waals surface area contributed by atoms with Crippen molar-refractivity contribution < 1.29 is 33.8 Å². The van der Waals surface area contributed by atoms with Crippen LogP contribution in [0, 0.1) is 34.5 Å². The van der Waals surface area contributed by atoms with Gasteiger partial charge in [0.2, 0.25) is 5.78 Å². The van der Waals surface area contributed by atoms with E-state index in [-0.39, 0.29) is 53.5 Å². The van der Waals surface area contributed by atoms with Crippen LogP contribution in [0.15, 0.2) is 11.6 Å². The van der Waals surface area contributed by atoms with Crippen LogP contribution in [0.1, 0.15) is 92.4 Å². The third kappa shape index (κ3) is 4.06. The van der Waals surface area contributed by atoms with Gasteiger partial charge in [-0.25, -0.2) is 0 Å². The minimum absolute atomic E-state index is 0.0127. The summed E-state index contributed by atoms with van der Waals surface area (Å²) in [4.78, 5) is 50.7. The molecule has 36 heavy (non-hydrogen) atoms. The van der Waals surface area contributed by atoms with Crippen molar-refractivity contribution in [3.05, 3.63) is 11.6 Å². The maximum Gasteiger partial charge on any atom is 0.306 e. The molecule has 0 unspecified atom stereocenters. The van der Waals surface area contributed by atoms with E-state index in [2.05, 4.69) is 13.8 Å². The van der Waals surface area contributed by atoms with E-state index in [0.29, 0.717) is 32.1 Å². The lowest BCUT2D eigenvalue weighted by molar-refractivity contribution is -0.204. The molecular formula is C29H42O7. The highest BCUT2D eigenvalue weighted by Gasteiger charge is 2.71. The summed E-state index contributed by atoms with van der Waals surface area (Å²) in [5.41, 5.74) is -1.30. The molecule has 3 fully saturated rings. The molecule has 0 bridgehead atoms. The molecule has 0 aliphatic heterocycles. The highest BCUT2D eigenvalue weighted by atomic mass is 16.6. The second-order valence-electron chi connectivity index (χ2n) is 12.1. The van der Waals surface area contributed by atoms with E-state index in [0.717, 1.165) is 18.4 Å². The molecule has 1 N–H and O–H groups in total. The molecule has 0 saturated heterocycles. The predicted octanol–water partition coefficient (Wildman–Crippen LogP) is 4.34. The molecule has 0 spiro atoms. The topological polar surface area (TPSA) is 107 Å². The first-order valence-electron chi connectivity index (χ1n) is 13.8. The molecule has 0 heterocycles. The van der Waals surface area contributed by atoms with E-state index in [9.17, 15) is 24.3 Å². The van der Waals surface area contributed by atoms with Crippen LogP contribution in [0.25, 0.3) is 0 Å². The average Bonchev–Trinajstić information content (AvgIpc) is 3.11. The molecule has 4 rings (SSSR count). The Labute approximate surface area is 214 Å². The van der Waals surface area contributed by atoms with Gasteiger partial charge in [0.1, 0.15) is 0 Å². The van der Waals surface area contributed by atoms with E-state index in [1.807, 2.05) is 19.9 Å². The van der Waals surface area contributed by atoms with Crippen molar-refractivity contribution in [3.8, 4) is 0 Å². The first-order valence-corrected chi connectivity index (χ1v) is 13.8. The fraction of sp³-hybridized carbons (Fsp3) is 0.793. The number of esters is 2. The molecule has 7 heteroatoms. The molecule has 0 aromatic carbocycles. The zero-order chi connectivity index (χ0) is 26.5. The van der Waals surface area contributed by atoms with Crippen LogP contribution in [0.5, 0.6) is 0 Å². The number of Topliss-reactive ketones (excluding diaryl/α,β-unsaturated/α-hetero) is 1. The van der Waals surface area contributed by atoms with E-state index in [1.54, 1.807) is 6.92 Å². The van der Waals surface area contributed by atoms with Gasteiger partial charge in [0.05, 0.1) is 6.10 Å².